The van der Waals surface area contributed by atoms with Crippen LogP contribution in [0, 0.1) is 5.92 Å². The fourth-order valence-electron chi connectivity index (χ4n) is 3.88. The molecule has 1 fully saturated rings. The summed E-state index contributed by atoms with van der Waals surface area (Å²) in [6.45, 7) is 1.52. The van der Waals surface area contributed by atoms with Crippen molar-refractivity contribution in [2.24, 2.45) is 5.92 Å². The number of para-hydroxylation sites is 1. The highest BCUT2D eigenvalue weighted by Gasteiger charge is 2.32. The van der Waals surface area contributed by atoms with E-state index in [-0.39, 0.29) is 11.8 Å². The summed E-state index contributed by atoms with van der Waals surface area (Å²) in [5.74, 6) is 0.325. The molecule has 2 heterocycles. The van der Waals surface area contributed by atoms with E-state index in [4.69, 9.17) is 0 Å². The number of carbonyl (C=O) groups is 1. The maximum absolute atomic E-state index is 13.4. The Labute approximate surface area is 149 Å². The molecule has 25 heavy (non-hydrogen) atoms. The third-order valence-electron chi connectivity index (χ3n) is 5.23. The number of carbonyl (C=O) groups excluding carboxylic acids is 1. The fourth-order valence-corrected chi connectivity index (χ4v) is 3.88. The predicted octanol–water partition coefficient (Wildman–Crippen LogP) is 4.22. The topological polar surface area (TPSA) is 23.6 Å². The molecular weight excluding hydrogens is 308 g/mol. The molecule has 2 aliphatic heterocycles. The third kappa shape index (κ3) is 3.46. The number of amides is 1. The molecule has 0 radical (unpaired) electrons. The Morgan fingerprint density at radius 1 is 0.920 bits per heavy atom. The molecule has 0 spiro atoms. The lowest BCUT2D eigenvalue weighted by Crippen LogP contribution is -2.53. The SMILES string of the molecule is O=C1[C@@H](Cc2ccccc2)CCCC2=CCN(c3ccccc3)N1C2. The van der Waals surface area contributed by atoms with Gasteiger partial charge < -0.3 is 0 Å². The van der Waals surface area contributed by atoms with Crippen molar-refractivity contribution in [2.45, 2.75) is 25.7 Å². The van der Waals surface area contributed by atoms with Crippen molar-refractivity contribution in [3.05, 3.63) is 77.9 Å². The largest absolute Gasteiger partial charge is 0.279 e. The zero-order chi connectivity index (χ0) is 17.1. The lowest BCUT2D eigenvalue weighted by molar-refractivity contribution is -0.136. The number of fused-ring (bicyclic) bond motifs is 2. The van der Waals surface area contributed by atoms with Crippen LogP contribution in [0.2, 0.25) is 0 Å². The molecule has 1 amide bonds. The van der Waals surface area contributed by atoms with Crippen molar-refractivity contribution in [3.63, 3.8) is 0 Å². The molecule has 0 aliphatic carbocycles. The quantitative estimate of drug-likeness (QED) is 0.786. The highest BCUT2D eigenvalue weighted by atomic mass is 16.2. The van der Waals surface area contributed by atoms with Crippen molar-refractivity contribution in [2.75, 3.05) is 18.1 Å². The molecule has 2 aromatic rings. The van der Waals surface area contributed by atoms with Gasteiger partial charge in [-0.25, -0.2) is 5.01 Å². The highest BCUT2D eigenvalue weighted by molar-refractivity contribution is 5.82. The van der Waals surface area contributed by atoms with Gasteiger partial charge in [-0.1, -0.05) is 60.2 Å². The molecule has 1 saturated heterocycles. The van der Waals surface area contributed by atoms with Crippen LogP contribution in [0.15, 0.2) is 72.3 Å². The molecule has 3 nitrogen and oxygen atoms in total. The summed E-state index contributed by atoms with van der Waals surface area (Å²) in [7, 11) is 0. The maximum Gasteiger partial charge on any atom is 0.244 e. The molecule has 1 atom stereocenters. The van der Waals surface area contributed by atoms with Crippen LogP contribution in [0.1, 0.15) is 24.8 Å². The van der Waals surface area contributed by atoms with Gasteiger partial charge in [0, 0.05) is 5.92 Å². The van der Waals surface area contributed by atoms with Crippen LogP contribution in [-0.4, -0.2) is 24.0 Å². The number of hydrazine groups is 1. The Balaban J connectivity index is 1.61. The van der Waals surface area contributed by atoms with Gasteiger partial charge >= 0.3 is 0 Å². The van der Waals surface area contributed by atoms with E-state index in [9.17, 15) is 4.79 Å². The summed E-state index contributed by atoms with van der Waals surface area (Å²) in [5.41, 5.74) is 3.74. The minimum Gasteiger partial charge on any atom is -0.279 e. The van der Waals surface area contributed by atoms with Gasteiger partial charge in [-0.2, -0.15) is 0 Å². The maximum atomic E-state index is 13.4. The first kappa shape index (κ1) is 15.9. The third-order valence-corrected chi connectivity index (χ3v) is 5.23. The van der Waals surface area contributed by atoms with Crippen LogP contribution >= 0.6 is 0 Å². The number of anilines is 1. The van der Waals surface area contributed by atoms with Crippen LogP contribution in [0.5, 0.6) is 0 Å². The summed E-state index contributed by atoms with van der Waals surface area (Å²) in [5, 5.41) is 4.12. The summed E-state index contributed by atoms with van der Waals surface area (Å²) in [6.07, 6.45) is 6.31. The molecule has 3 heteroatoms. The molecule has 2 aromatic carbocycles. The minimum atomic E-state index is 0.0632. The fraction of sp³-hybridized carbons (Fsp3) is 0.318. The average Bonchev–Trinajstić information content (AvgIpc) is 2.67. The van der Waals surface area contributed by atoms with Gasteiger partial charge in [0.15, 0.2) is 0 Å². The van der Waals surface area contributed by atoms with E-state index in [1.807, 2.05) is 29.3 Å². The highest BCUT2D eigenvalue weighted by Crippen LogP contribution is 2.29. The van der Waals surface area contributed by atoms with Crippen molar-refractivity contribution < 1.29 is 4.79 Å². The van der Waals surface area contributed by atoms with Gasteiger partial charge in [-0.3, -0.25) is 9.80 Å². The number of hydrogen-bond acceptors (Lipinski definition) is 2. The van der Waals surface area contributed by atoms with Crippen LogP contribution in [0.25, 0.3) is 0 Å². The van der Waals surface area contributed by atoms with Crippen molar-refractivity contribution >= 4 is 11.6 Å². The van der Waals surface area contributed by atoms with Gasteiger partial charge in [0.1, 0.15) is 0 Å². The predicted molar refractivity (Wildman–Crippen MR) is 101 cm³/mol. The second-order valence-corrected chi connectivity index (χ2v) is 6.95. The molecule has 4 rings (SSSR count). The molecule has 2 aliphatic rings. The van der Waals surface area contributed by atoms with Gasteiger partial charge in [0.2, 0.25) is 5.91 Å². The number of hydrogen-bond donors (Lipinski definition) is 0. The molecule has 0 N–H and O–H groups in total. The Kier molecular flexibility index (Phi) is 4.55. The normalized spacial score (nSPS) is 20.7. The summed E-state index contributed by atoms with van der Waals surface area (Å²) < 4.78 is 0. The monoisotopic (exact) mass is 332 g/mol. The first-order valence-electron chi connectivity index (χ1n) is 9.17. The Bertz CT molecular complexity index is 754. The van der Waals surface area contributed by atoms with Gasteiger partial charge in [0.25, 0.3) is 0 Å². The Hall–Kier alpha value is -2.55. The zero-order valence-electron chi connectivity index (χ0n) is 14.5. The van der Waals surface area contributed by atoms with E-state index in [1.54, 1.807) is 0 Å². The lowest BCUT2D eigenvalue weighted by Gasteiger charge is -2.42. The van der Waals surface area contributed by atoms with E-state index in [2.05, 4.69) is 47.5 Å². The number of benzene rings is 2. The first-order valence-corrected chi connectivity index (χ1v) is 9.17. The summed E-state index contributed by atoms with van der Waals surface area (Å²) in [6, 6.07) is 20.6. The molecule has 0 unspecified atom stereocenters. The lowest BCUT2D eigenvalue weighted by atomic mass is 9.89. The van der Waals surface area contributed by atoms with E-state index in [1.165, 1.54) is 11.1 Å². The first-order chi connectivity index (χ1) is 12.3. The smallest absolute Gasteiger partial charge is 0.244 e. The number of nitrogens with zero attached hydrogens (tertiary/aromatic N) is 2. The van der Waals surface area contributed by atoms with Crippen LogP contribution < -0.4 is 5.01 Å². The molecule has 2 bridgehead atoms. The minimum absolute atomic E-state index is 0.0632. The van der Waals surface area contributed by atoms with Crippen LogP contribution in [0.4, 0.5) is 5.69 Å². The van der Waals surface area contributed by atoms with Crippen LogP contribution in [0.3, 0.4) is 0 Å². The molecule has 0 aromatic heterocycles. The van der Waals surface area contributed by atoms with Gasteiger partial charge in [-0.05, 0) is 43.4 Å². The van der Waals surface area contributed by atoms with Crippen LogP contribution in [-0.2, 0) is 11.2 Å². The second kappa shape index (κ2) is 7.14. The van der Waals surface area contributed by atoms with E-state index in [0.717, 1.165) is 44.5 Å². The second-order valence-electron chi connectivity index (χ2n) is 6.95. The van der Waals surface area contributed by atoms with Gasteiger partial charge in [-0.15, -0.1) is 0 Å². The summed E-state index contributed by atoms with van der Waals surface area (Å²) >= 11 is 0. The van der Waals surface area contributed by atoms with E-state index in [0.29, 0.717) is 0 Å². The molecular formula is C22H24N2O. The average molecular weight is 332 g/mol. The van der Waals surface area contributed by atoms with Crippen molar-refractivity contribution in [3.8, 4) is 0 Å². The Morgan fingerprint density at radius 3 is 2.40 bits per heavy atom. The zero-order valence-corrected chi connectivity index (χ0v) is 14.5. The standard InChI is InChI=1S/C22H24N2O/c25-22-20(16-18-8-3-1-4-9-18)11-7-10-19-14-15-23(24(22)17-19)21-12-5-2-6-13-21/h1-6,8-9,12-14,20H,7,10-11,15-17H2/t20-/m1/s1. The number of rotatable bonds is 3. The molecule has 128 valence electrons. The molecule has 0 saturated carbocycles. The van der Waals surface area contributed by atoms with Gasteiger partial charge in [0.05, 0.1) is 18.8 Å². The van der Waals surface area contributed by atoms with E-state index >= 15 is 0 Å². The van der Waals surface area contributed by atoms with Crippen molar-refractivity contribution in [1.29, 1.82) is 0 Å². The van der Waals surface area contributed by atoms with E-state index < -0.39 is 0 Å². The Morgan fingerprint density at radius 2 is 1.64 bits per heavy atom. The summed E-state index contributed by atoms with van der Waals surface area (Å²) in [4.78, 5) is 13.4. The van der Waals surface area contributed by atoms with Crippen molar-refractivity contribution in [1.82, 2.24) is 5.01 Å².